The molecule has 2 amide bonds. The summed E-state index contributed by atoms with van der Waals surface area (Å²) in [5.74, 6) is 0.735. The SMILES string of the molecule is [C-]#[N+]/C(C#N)=C(\Nc1ccc2oc(C)cc2c1)NC1CCCN(CC(=O)N2CCCC2)C1=O. The van der Waals surface area contributed by atoms with Gasteiger partial charge in [0.05, 0.1) is 19.2 Å². The molecule has 2 N–H and O–H groups in total. The maximum Gasteiger partial charge on any atom is 0.300 e. The maximum absolute atomic E-state index is 13.1. The van der Waals surface area contributed by atoms with E-state index in [1.54, 1.807) is 15.9 Å². The van der Waals surface area contributed by atoms with Gasteiger partial charge in [0.25, 0.3) is 0 Å². The van der Waals surface area contributed by atoms with Crippen LogP contribution in [0.5, 0.6) is 0 Å². The summed E-state index contributed by atoms with van der Waals surface area (Å²) in [5.41, 5.74) is 1.23. The molecule has 170 valence electrons. The Morgan fingerprint density at radius 3 is 2.79 bits per heavy atom. The van der Waals surface area contributed by atoms with Gasteiger partial charge in [-0.05, 0) is 56.9 Å². The third kappa shape index (κ3) is 4.93. The van der Waals surface area contributed by atoms with E-state index >= 15 is 0 Å². The van der Waals surface area contributed by atoms with Crippen molar-refractivity contribution in [2.45, 2.75) is 38.6 Å². The predicted molar refractivity (Wildman–Crippen MR) is 122 cm³/mol. The molecule has 1 aromatic heterocycles. The molecule has 1 unspecified atom stereocenters. The van der Waals surface area contributed by atoms with Gasteiger partial charge in [0.15, 0.2) is 0 Å². The van der Waals surface area contributed by atoms with E-state index in [-0.39, 0.29) is 29.9 Å². The van der Waals surface area contributed by atoms with E-state index in [1.807, 2.05) is 31.2 Å². The Morgan fingerprint density at radius 2 is 2.06 bits per heavy atom. The lowest BCUT2D eigenvalue weighted by atomic mass is 10.0. The fraction of sp³-hybridized carbons (Fsp3) is 0.417. The summed E-state index contributed by atoms with van der Waals surface area (Å²) in [6.07, 6.45) is 3.28. The topological polar surface area (TPSA) is 106 Å². The minimum atomic E-state index is -0.627. The highest BCUT2D eigenvalue weighted by Gasteiger charge is 2.32. The van der Waals surface area contributed by atoms with Crippen LogP contribution in [0.1, 0.15) is 31.4 Å². The Balaban J connectivity index is 1.50. The molecule has 0 aliphatic carbocycles. The number of allylic oxidation sites excluding steroid dienone is 1. The number of nitrogens with zero attached hydrogens (tertiary/aromatic N) is 4. The minimum Gasteiger partial charge on any atom is -0.461 e. The van der Waals surface area contributed by atoms with E-state index in [4.69, 9.17) is 11.0 Å². The molecule has 9 nitrogen and oxygen atoms in total. The fourth-order valence-electron chi connectivity index (χ4n) is 4.33. The van der Waals surface area contributed by atoms with Crippen molar-refractivity contribution in [3.05, 3.63) is 53.0 Å². The molecule has 2 aliphatic heterocycles. The number of piperidine rings is 1. The standard InChI is InChI=1S/C24H26N6O3/c1-16-12-17-13-18(7-8-21(17)33-16)27-23(20(14-25)26-2)28-19-6-5-11-30(24(19)32)15-22(31)29-9-3-4-10-29/h7-8,12-13,19,27-28H,3-6,9-11,15H2,1H3/b23-20+. The molecule has 0 radical (unpaired) electrons. The highest BCUT2D eigenvalue weighted by Crippen LogP contribution is 2.24. The second kappa shape index (κ2) is 9.66. The molecular formula is C24H26N6O3. The minimum absolute atomic E-state index is 0.0297. The van der Waals surface area contributed by atoms with Gasteiger partial charge in [-0.25, -0.2) is 10.1 Å². The summed E-state index contributed by atoms with van der Waals surface area (Å²) >= 11 is 0. The smallest absolute Gasteiger partial charge is 0.300 e. The summed E-state index contributed by atoms with van der Waals surface area (Å²) in [6.45, 7) is 11.3. The van der Waals surface area contributed by atoms with Crippen LogP contribution in [-0.2, 0) is 9.59 Å². The molecule has 2 fully saturated rings. The van der Waals surface area contributed by atoms with Gasteiger partial charge in [0.1, 0.15) is 23.2 Å². The number of furan rings is 1. The van der Waals surface area contributed by atoms with E-state index in [2.05, 4.69) is 15.5 Å². The second-order valence-electron chi connectivity index (χ2n) is 8.37. The molecule has 0 saturated carbocycles. The van der Waals surface area contributed by atoms with Crippen molar-refractivity contribution >= 4 is 28.5 Å². The van der Waals surface area contributed by atoms with Crippen LogP contribution in [0.25, 0.3) is 15.8 Å². The zero-order chi connectivity index (χ0) is 23.4. The van der Waals surface area contributed by atoms with Crippen molar-refractivity contribution in [1.29, 1.82) is 5.26 Å². The number of hydrogen-bond acceptors (Lipinski definition) is 6. The van der Waals surface area contributed by atoms with Crippen molar-refractivity contribution in [2.24, 2.45) is 0 Å². The van der Waals surface area contributed by atoms with E-state index in [0.717, 1.165) is 49.1 Å². The summed E-state index contributed by atoms with van der Waals surface area (Å²) in [4.78, 5) is 32.3. The fourth-order valence-corrected chi connectivity index (χ4v) is 4.33. The van der Waals surface area contributed by atoms with Gasteiger partial charge in [-0.1, -0.05) is 0 Å². The molecule has 2 aromatic rings. The lowest BCUT2D eigenvalue weighted by molar-refractivity contribution is -0.142. The Morgan fingerprint density at radius 1 is 1.27 bits per heavy atom. The number of hydrogen-bond donors (Lipinski definition) is 2. The summed E-state index contributed by atoms with van der Waals surface area (Å²) in [7, 11) is 0. The van der Waals surface area contributed by atoms with Gasteiger partial charge in [-0.15, -0.1) is 0 Å². The molecule has 1 aromatic carbocycles. The van der Waals surface area contributed by atoms with E-state index < -0.39 is 6.04 Å². The van der Waals surface area contributed by atoms with Crippen LogP contribution in [0.3, 0.4) is 0 Å². The first kappa shape index (κ1) is 22.2. The number of benzene rings is 1. The van der Waals surface area contributed by atoms with Crippen molar-refractivity contribution in [3.63, 3.8) is 0 Å². The van der Waals surface area contributed by atoms with Gasteiger partial charge in [-0.2, -0.15) is 0 Å². The summed E-state index contributed by atoms with van der Waals surface area (Å²) in [5, 5.41) is 16.5. The molecule has 2 aliphatic rings. The van der Waals surface area contributed by atoms with Crippen LogP contribution >= 0.6 is 0 Å². The van der Waals surface area contributed by atoms with Crippen molar-refractivity contribution in [2.75, 3.05) is 31.5 Å². The average molecular weight is 447 g/mol. The Kier molecular flexibility index (Phi) is 6.50. The molecule has 0 spiro atoms. The van der Waals surface area contributed by atoms with Gasteiger partial charge in [0.2, 0.25) is 11.8 Å². The Labute approximate surface area is 192 Å². The predicted octanol–water partition coefficient (Wildman–Crippen LogP) is 2.97. The number of carbonyl (C=O) groups excluding carboxylic acids is 2. The molecule has 2 saturated heterocycles. The lowest BCUT2D eigenvalue weighted by Gasteiger charge is -2.34. The third-order valence-corrected chi connectivity index (χ3v) is 6.00. The van der Waals surface area contributed by atoms with Gasteiger partial charge in [-0.3, -0.25) is 9.59 Å². The molecule has 4 rings (SSSR count). The van der Waals surface area contributed by atoms with Crippen molar-refractivity contribution < 1.29 is 14.0 Å². The highest BCUT2D eigenvalue weighted by molar-refractivity contribution is 5.88. The largest absolute Gasteiger partial charge is 0.461 e. The number of aryl methyl sites for hydroxylation is 1. The van der Waals surface area contributed by atoms with Crippen molar-refractivity contribution in [1.82, 2.24) is 15.1 Å². The maximum atomic E-state index is 13.1. The Hall–Kier alpha value is -3.98. The van der Waals surface area contributed by atoms with Crippen LogP contribution in [0.15, 0.2) is 40.2 Å². The quantitative estimate of drug-likeness (QED) is 0.522. The third-order valence-electron chi connectivity index (χ3n) is 6.00. The van der Waals surface area contributed by atoms with Crippen LogP contribution in [-0.4, -0.2) is 53.8 Å². The number of amides is 2. The first-order valence-electron chi connectivity index (χ1n) is 11.1. The molecule has 3 heterocycles. The molecule has 9 heteroatoms. The number of nitriles is 1. The number of carbonyl (C=O) groups is 2. The first-order chi connectivity index (χ1) is 16.0. The normalized spacial score (nSPS) is 19.1. The highest BCUT2D eigenvalue weighted by atomic mass is 16.3. The van der Waals surface area contributed by atoms with E-state index in [0.29, 0.717) is 18.7 Å². The number of anilines is 1. The number of fused-ring (bicyclic) bond motifs is 1. The van der Waals surface area contributed by atoms with E-state index in [9.17, 15) is 14.9 Å². The van der Waals surface area contributed by atoms with Gasteiger partial charge < -0.3 is 24.9 Å². The lowest BCUT2D eigenvalue weighted by Crippen LogP contribution is -2.53. The average Bonchev–Trinajstić information content (AvgIpc) is 3.46. The monoisotopic (exact) mass is 446 g/mol. The Bertz CT molecular complexity index is 1160. The van der Waals surface area contributed by atoms with Crippen LogP contribution in [0.2, 0.25) is 0 Å². The summed E-state index contributed by atoms with van der Waals surface area (Å²) in [6, 6.07) is 8.62. The summed E-state index contributed by atoms with van der Waals surface area (Å²) < 4.78 is 5.60. The van der Waals surface area contributed by atoms with Crippen LogP contribution in [0.4, 0.5) is 5.69 Å². The molecular weight excluding hydrogens is 420 g/mol. The number of rotatable bonds is 6. The number of nitrogens with one attached hydrogen (secondary N) is 2. The van der Waals surface area contributed by atoms with Gasteiger partial charge >= 0.3 is 5.70 Å². The number of likely N-dealkylation sites (tertiary alicyclic amines) is 2. The first-order valence-corrected chi connectivity index (χ1v) is 11.1. The zero-order valence-electron chi connectivity index (χ0n) is 18.6. The molecule has 1 atom stereocenters. The molecule has 33 heavy (non-hydrogen) atoms. The van der Waals surface area contributed by atoms with E-state index in [1.165, 1.54) is 0 Å². The zero-order valence-corrected chi connectivity index (χ0v) is 18.6. The van der Waals surface area contributed by atoms with Crippen molar-refractivity contribution in [3.8, 4) is 6.07 Å². The van der Waals surface area contributed by atoms with Crippen LogP contribution < -0.4 is 10.6 Å². The molecule has 0 bridgehead atoms. The van der Waals surface area contributed by atoms with Gasteiger partial charge in [0, 0.05) is 30.7 Å². The van der Waals surface area contributed by atoms with Crippen LogP contribution in [0, 0.1) is 24.8 Å². The second-order valence-corrected chi connectivity index (χ2v) is 8.37.